The lowest BCUT2D eigenvalue weighted by Crippen LogP contribution is -2.12. The van der Waals surface area contributed by atoms with E-state index >= 15 is 0 Å². The molecule has 26 heavy (non-hydrogen) atoms. The zero-order valence-electron chi connectivity index (χ0n) is 13.0. The van der Waals surface area contributed by atoms with Gasteiger partial charge in [0.15, 0.2) is 0 Å². The number of non-ortho nitro benzene ring substituents is 1. The van der Waals surface area contributed by atoms with Crippen LogP contribution in [0.15, 0.2) is 59.0 Å². The molecular weight excluding hydrogens is 362 g/mol. The first kappa shape index (κ1) is 18.6. The SMILES string of the molecule is N#C/C(=C\c1ccc(OS(=O)(=O)c2cccc([N+](=O)[O-])c2)cc1)C(N)=O. The Morgan fingerprint density at radius 3 is 2.42 bits per heavy atom. The zero-order valence-corrected chi connectivity index (χ0v) is 13.8. The Bertz CT molecular complexity index is 1040. The highest BCUT2D eigenvalue weighted by Gasteiger charge is 2.19. The average Bonchev–Trinajstić information content (AvgIpc) is 2.60. The van der Waals surface area contributed by atoms with Crippen molar-refractivity contribution in [1.82, 2.24) is 0 Å². The molecule has 132 valence electrons. The summed E-state index contributed by atoms with van der Waals surface area (Å²) in [6.45, 7) is 0. The van der Waals surface area contributed by atoms with E-state index in [4.69, 9.17) is 15.2 Å². The van der Waals surface area contributed by atoms with Crippen molar-refractivity contribution in [2.75, 3.05) is 0 Å². The molecule has 2 rings (SSSR count). The minimum absolute atomic E-state index is 0.0498. The molecule has 2 aromatic carbocycles. The van der Waals surface area contributed by atoms with Gasteiger partial charge in [-0.2, -0.15) is 13.7 Å². The van der Waals surface area contributed by atoms with Gasteiger partial charge in [-0.1, -0.05) is 18.2 Å². The second kappa shape index (κ2) is 7.45. The summed E-state index contributed by atoms with van der Waals surface area (Å²) >= 11 is 0. The van der Waals surface area contributed by atoms with E-state index in [0.29, 0.717) is 5.56 Å². The van der Waals surface area contributed by atoms with Crippen LogP contribution in [-0.2, 0) is 14.9 Å². The van der Waals surface area contributed by atoms with E-state index in [2.05, 4.69) is 0 Å². The molecule has 0 spiro atoms. The fraction of sp³-hybridized carbons (Fsp3) is 0. The number of nitrogens with two attached hydrogens (primary N) is 1. The minimum Gasteiger partial charge on any atom is -0.379 e. The maximum absolute atomic E-state index is 12.2. The predicted molar refractivity (Wildman–Crippen MR) is 90.1 cm³/mol. The van der Waals surface area contributed by atoms with Gasteiger partial charge in [0.1, 0.15) is 22.3 Å². The summed E-state index contributed by atoms with van der Waals surface area (Å²) in [7, 11) is -4.27. The van der Waals surface area contributed by atoms with Crippen molar-refractivity contribution in [3.63, 3.8) is 0 Å². The summed E-state index contributed by atoms with van der Waals surface area (Å²) < 4.78 is 29.4. The summed E-state index contributed by atoms with van der Waals surface area (Å²) in [5, 5.41) is 19.5. The van der Waals surface area contributed by atoms with Crippen molar-refractivity contribution in [3.05, 3.63) is 69.8 Å². The Kier molecular flexibility index (Phi) is 5.34. The van der Waals surface area contributed by atoms with E-state index in [0.717, 1.165) is 12.1 Å². The molecule has 0 fully saturated rings. The number of hydrogen-bond donors (Lipinski definition) is 1. The lowest BCUT2D eigenvalue weighted by Gasteiger charge is -2.07. The summed E-state index contributed by atoms with van der Waals surface area (Å²) in [5.74, 6) is -0.938. The Morgan fingerprint density at radius 2 is 1.88 bits per heavy atom. The molecule has 0 unspecified atom stereocenters. The number of carbonyl (C=O) groups is 1. The normalized spacial score (nSPS) is 11.4. The van der Waals surface area contributed by atoms with Crippen LogP contribution in [0, 0.1) is 21.4 Å². The average molecular weight is 373 g/mol. The van der Waals surface area contributed by atoms with Crippen LogP contribution in [0.3, 0.4) is 0 Å². The first-order valence-electron chi connectivity index (χ1n) is 6.93. The van der Waals surface area contributed by atoms with Crippen LogP contribution in [0.5, 0.6) is 5.75 Å². The van der Waals surface area contributed by atoms with Crippen LogP contribution >= 0.6 is 0 Å². The molecule has 0 radical (unpaired) electrons. The van der Waals surface area contributed by atoms with E-state index in [1.165, 1.54) is 42.5 Å². The van der Waals surface area contributed by atoms with Crippen molar-refractivity contribution in [1.29, 1.82) is 5.26 Å². The first-order chi connectivity index (χ1) is 12.2. The monoisotopic (exact) mass is 373 g/mol. The Labute approximate surface area is 148 Å². The molecule has 0 aliphatic heterocycles. The molecule has 0 saturated carbocycles. The van der Waals surface area contributed by atoms with Gasteiger partial charge >= 0.3 is 10.1 Å². The molecule has 0 bridgehead atoms. The van der Waals surface area contributed by atoms with Crippen molar-refractivity contribution < 1.29 is 22.3 Å². The van der Waals surface area contributed by atoms with E-state index in [1.54, 1.807) is 6.07 Å². The third-order valence-corrected chi connectivity index (χ3v) is 4.34. The largest absolute Gasteiger partial charge is 0.379 e. The summed E-state index contributed by atoms with van der Waals surface area (Å²) in [6.07, 6.45) is 1.24. The molecule has 0 heterocycles. The lowest BCUT2D eigenvalue weighted by atomic mass is 10.1. The van der Waals surface area contributed by atoms with Gasteiger partial charge in [0.2, 0.25) is 0 Å². The van der Waals surface area contributed by atoms with Crippen LogP contribution in [0.25, 0.3) is 6.08 Å². The van der Waals surface area contributed by atoms with Crippen molar-refractivity contribution in [3.8, 4) is 11.8 Å². The minimum atomic E-state index is -4.27. The molecule has 1 amide bonds. The van der Waals surface area contributed by atoms with Crippen LogP contribution in [-0.4, -0.2) is 19.2 Å². The lowest BCUT2D eigenvalue weighted by molar-refractivity contribution is -0.385. The molecule has 9 nitrogen and oxygen atoms in total. The highest BCUT2D eigenvalue weighted by molar-refractivity contribution is 7.87. The van der Waals surface area contributed by atoms with Gasteiger partial charge in [0, 0.05) is 12.1 Å². The molecule has 0 saturated heterocycles. The smallest absolute Gasteiger partial charge is 0.339 e. The third-order valence-electron chi connectivity index (χ3n) is 3.10. The highest BCUT2D eigenvalue weighted by Crippen LogP contribution is 2.22. The number of nitrogens with zero attached hydrogens (tertiary/aromatic N) is 2. The Hall–Kier alpha value is -3.71. The number of carbonyl (C=O) groups excluding carboxylic acids is 1. The van der Waals surface area contributed by atoms with Crippen LogP contribution in [0.2, 0.25) is 0 Å². The van der Waals surface area contributed by atoms with E-state index in [1.807, 2.05) is 0 Å². The first-order valence-corrected chi connectivity index (χ1v) is 8.34. The van der Waals surface area contributed by atoms with Gasteiger partial charge < -0.3 is 9.92 Å². The van der Waals surface area contributed by atoms with Crippen LogP contribution in [0.4, 0.5) is 5.69 Å². The second-order valence-corrected chi connectivity index (χ2v) is 6.44. The van der Waals surface area contributed by atoms with Gasteiger partial charge in [-0.05, 0) is 29.8 Å². The molecule has 0 aliphatic rings. The van der Waals surface area contributed by atoms with Crippen LogP contribution in [0.1, 0.15) is 5.56 Å². The van der Waals surface area contributed by atoms with Gasteiger partial charge in [-0.15, -0.1) is 0 Å². The number of nitriles is 1. The highest BCUT2D eigenvalue weighted by atomic mass is 32.2. The molecule has 2 N–H and O–H groups in total. The van der Waals surface area contributed by atoms with Gasteiger partial charge in [-0.3, -0.25) is 14.9 Å². The Balaban J connectivity index is 2.26. The number of nitro groups is 1. The number of primary amides is 1. The molecule has 0 aliphatic carbocycles. The topological polar surface area (TPSA) is 153 Å². The van der Waals surface area contributed by atoms with Crippen molar-refractivity contribution in [2.24, 2.45) is 5.73 Å². The fourth-order valence-electron chi connectivity index (χ4n) is 1.87. The number of rotatable bonds is 6. The van der Waals surface area contributed by atoms with Gasteiger partial charge in [-0.25, -0.2) is 0 Å². The fourth-order valence-corrected chi connectivity index (χ4v) is 2.84. The molecule has 0 aromatic heterocycles. The third kappa shape index (κ3) is 4.43. The van der Waals surface area contributed by atoms with E-state index in [9.17, 15) is 23.3 Å². The maximum Gasteiger partial charge on any atom is 0.339 e. The van der Waals surface area contributed by atoms with Crippen molar-refractivity contribution in [2.45, 2.75) is 4.90 Å². The number of amides is 1. The zero-order chi connectivity index (χ0) is 19.3. The predicted octanol–water partition coefficient (Wildman–Crippen LogP) is 1.75. The van der Waals surface area contributed by atoms with Gasteiger partial charge in [0.05, 0.1) is 4.92 Å². The van der Waals surface area contributed by atoms with Gasteiger partial charge in [0.25, 0.3) is 11.6 Å². The van der Waals surface area contributed by atoms with E-state index < -0.39 is 20.9 Å². The van der Waals surface area contributed by atoms with E-state index in [-0.39, 0.29) is 21.9 Å². The number of hydrogen-bond acceptors (Lipinski definition) is 7. The molecule has 2 aromatic rings. The number of benzene rings is 2. The second-order valence-electron chi connectivity index (χ2n) is 4.90. The summed E-state index contributed by atoms with van der Waals surface area (Å²) in [5.41, 5.74) is 4.81. The summed E-state index contributed by atoms with van der Waals surface area (Å²) in [4.78, 5) is 20.7. The molecule has 10 heteroatoms. The van der Waals surface area contributed by atoms with Crippen LogP contribution < -0.4 is 9.92 Å². The summed E-state index contributed by atoms with van der Waals surface area (Å²) in [6, 6.07) is 11.5. The molecule has 0 atom stereocenters. The standard InChI is InChI=1S/C16H11N3O6S/c17-10-12(16(18)20)8-11-4-6-14(7-5-11)25-26(23,24)15-3-1-2-13(9-15)19(21)22/h1-9H,(H2,18,20)/b12-8+. The number of nitro benzene ring substituents is 1. The maximum atomic E-state index is 12.2. The van der Waals surface area contributed by atoms with Crippen molar-refractivity contribution >= 4 is 27.8 Å². The molecular formula is C16H11N3O6S. The quantitative estimate of drug-likeness (QED) is 0.266. The Morgan fingerprint density at radius 1 is 1.23 bits per heavy atom.